The van der Waals surface area contributed by atoms with Crippen LogP contribution < -0.4 is 11.1 Å². The lowest BCUT2D eigenvalue weighted by Crippen LogP contribution is -2.42. The van der Waals surface area contributed by atoms with Gasteiger partial charge < -0.3 is 19.9 Å². The lowest BCUT2D eigenvalue weighted by atomic mass is 10.1. The molecule has 1 aliphatic carbocycles. The number of oxazole rings is 1. The zero-order valence-electron chi connectivity index (χ0n) is 12.0. The van der Waals surface area contributed by atoms with Gasteiger partial charge in [-0.1, -0.05) is 0 Å². The summed E-state index contributed by atoms with van der Waals surface area (Å²) in [7, 11) is 0. The van der Waals surface area contributed by atoms with Gasteiger partial charge in [0.2, 0.25) is 5.91 Å². The number of rotatable bonds is 6. The van der Waals surface area contributed by atoms with Crippen LogP contribution in [0.5, 0.6) is 0 Å². The molecule has 0 aliphatic heterocycles. The van der Waals surface area contributed by atoms with Crippen LogP contribution in [0.25, 0.3) is 11.7 Å². The zero-order valence-corrected chi connectivity index (χ0v) is 12.0. The van der Waals surface area contributed by atoms with E-state index >= 15 is 0 Å². The maximum atomic E-state index is 12.1. The molecule has 2 heterocycles. The lowest BCUT2D eigenvalue weighted by Gasteiger charge is -2.15. The number of carbonyl (C=O) groups excluding carboxylic acids is 1. The van der Waals surface area contributed by atoms with Crippen LogP contribution in [0, 0.1) is 12.8 Å². The number of aromatic nitrogens is 1. The van der Waals surface area contributed by atoms with E-state index in [4.69, 9.17) is 14.6 Å². The number of furan rings is 1. The van der Waals surface area contributed by atoms with Gasteiger partial charge in [-0.25, -0.2) is 4.98 Å². The zero-order chi connectivity index (χ0) is 14.8. The minimum atomic E-state index is -0.0697. The SMILES string of the molecule is Cc1oc(-c2ccco2)nc1CC(=O)NC(CN)C1CC1. The Hall–Kier alpha value is -2.08. The van der Waals surface area contributed by atoms with E-state index in [9.17, 15) is 4.79 Å². The van der Waals surface area contributed by atoms with Gasteiger partial charge in [-0.05, 0) is 37.8 Å². The van der Waals surface area contributed by atoms with Crippen LogP contribution in [-0.4, -0.2) is 23.5 Å². The highest BCUT2D eigenvalue weighted by Crippen LogP contribution is 2.32. The Kier molecular flexibility index (Phi) is 3.79. The molecule has 0 saturated heterocycles. The molecule has 1 unspecified atom stereocenters. The number of amides is 1. The average Bonchev–Trinajstić information content (AvgIpc) is 3.03. The standard InChI is InChI=1S/C15H19N3O3/c1-9-11(18-15(21-9)13-3-2-6-20-13)7-14(19)17-12(8-16)10-4-5-10/h2-3,6,10,12H,4-5,7-8,16H2,1H3,(H,17,19). The molecule has 0 spiro atoms. The van der Waals surface area contributed by atoms with E-state index in [1.807, 2.05) is 0 Å². The molecule has 1 atom stereocenters. The van der Waals surface area contributed by atoms with Crippen molar-refractivity contribution in [1.29, 1.82) is 0 Å². The molecule has 21 heavy (non-hydrogen) atoms. The van der Waals surface area contributed by atoms with Gasteiger partial charge in [0.1, 0.15) is 5.76 Å². The Morgan fingerprint density at radius 3 is 3.00 bits per heavy atom. The maximum absolute atomic E-state index is 12.1. The highest BCUT2D eigenvalue weighted by atomic mass is 16.4. The summed E-state index contributed by atoms with van der Waals surface area (Å²) >= 11 is 0. The third kappa shape index (κ3) is 3.16. The van der Waals surface area contributed by atoms with Crippen LogP contribution in [0.4, 0.5) is 0 Å². The van der Waals surface area contributed by atoms with Crippen molar-refractivity contribution >= 4 is 5.91 Å². The second-order valence-electron chi connectivity index (χ2n) is 5.42. The topological polar surface area (TPSA) is 94.3 Å². The molecule has 2 aromatic heterocycles. The van der Waals surface area contributed by atoms with Gasteiger partial charge in [0, 0.05) is 12.6 Å². The molecule has 6 nitrogen and oxygen atoms in total. The molecule has 6 heteroatoms. The fraction of sp³-hybridized carbons (Fsp3) is 0.467. The fourth-order valence-corrected chi connectivity index (χ4v) is 2.38. The van der Waals surface area contributed by atoms with Crippen LogP contribution >= 0.6 is 0 Å². The first kappa shape index (κ1) is 13.9. The summed E-state index contributed by atoms with van der Waals surface area (Å²) in [6, 6.07) is 3.62. The Balaban J connectivity index is 1.65. The van der Waals surface area contributed by atoms with E-state index in [1.54, 1.807) is 25.3 Å². The van der Waals surface area contributed by atoms with Crippen molar-refractivity contribution in [3.63, 3.8) is 0 Å². The van der Waals surface area contributed by atoms with Crippen molar-refractivity contribution in [3.8, 4) is 11.7 Å². The van der Waals surface area contributed by atoms with Gasteiger partial charge in [0.25, 0.3) is 5.89 Å². The molecular weight excluding hydrogens is 270 g/mol. The van der Waals surface area contributed by atoms with Gasteiger partial charge in [0.05, 0.1) is 18.4 Å². The van der Waals surface area contributed by atoms with E-state index in [0.29, 0.717) is 35.6 Å². The molecule has 0 bridgehead atoms. The molecular formula is C15H19N3O3. The largest absolute Gasteiger partial charge is 0.459 e. The molecule has 0 radical (unpaired) electrons. The number of nitrogens with zero attached hydrogens (tertiary/aromatic N) is 1. The predicted molar refractivity (Wildman–Crippen MR) is 76.4 cm³/mol. The molecule has 1 amide bonds. The van der Waals surface area contributed by atoms with Crippen LogP contribution in [0.2, 0.25) is 0 Å². The lowest BCUT2D eigenvalue weighted by molar-refractivity contribution is -0.121. The molecule has 2 aromatic rings. The van der Waals surface area contributed by atoms with Crippen LogP contribution in [0.15, 0.2) is 27.2 Å². The quantitative estimate of drug-likeness (QED) is 0.843. The number of aryl methyl sites for hydroxylation is 1. The highest BCUT2D eigenvalue weighted by Gasteiger charge is 2.31. The van der Waals surface area contributed by atoms with Crippen molar-refractivity contribution < 1.29 is 13.6 Å². The van der Waals surface area contributed by atoms with Crippen LogP contribution in [0.3, 0.4) is 0 Å². The molecule has 3 N–H and O–H groups in total. The van der Waals surface area contributed by atoms with Crippen LogP contribution in [0.1, 0.15) is 24.3 Å². The first-order valence-corrected chi connectivity index (χ1v) is 7.17. The number of nitrogens with one attached hydrogen (secondary N) is 1. The Morgan fingerprint density at radius 2 is 2.38 bits per heavy atom. The van der Waals surface area contributed by atoms with Crippen molar-refractivity contribution in [1.82, 2.24) is 10.3 Å². The van der Waals surface area contributed by atoms with Crippen molar-refractivity contribution in [3.05, 3.63) is 29.9 Å². The van der Waals surface area contributed by atoms with E-state index in [0.717, 1.165) is 12.8 Å². The van der Waals surface area contributed by atoms with Gasteiger partial charge >= 0.3 is 0 Å². The monoisotopic (exact) mass is 289 g/mol. The first-order chi connectivity index (χ1) is 10.2. The number of hydrogen-bond donors (Lipinski definition) is 2. The smallest absolute Gasteiger partial charge is 0.263 e. The van der Waals surface area contributed by atoms with Gasteiger partial charge in [-0.15, -0.1) is 0 Å². The first-order valence-electron chi connectivity index (χ1n) is 7.17. The average molecular weight is 289 g/mol. The highest BCUT2D eigenvalue weighted by molar-refractivity contribution is 5.78. The molecule has 1 saturated carbocycles. The summed E-state index contributed by atoms with van der Waals surface area (Å²) in [4.78, 5) is 16.4. The minimum absolute atomic E-state index is 0.0697. The molecule has 1 aliphatic rings. The molecule has 112 valence electrons. The summed E-state index contributed by atoms with van der Waals surface area (Å²) in [5.41, 5.74) is 6.32. The van der Waals surface area contributed by atoms with Gasteiger partial charge in [-0.2, -0.15) is 0 Å². The van der Waals surface area contributed by atoms with Crippen molar-refractivity contribution in [2.45, 2.75) is 32.2 Å². The number of carbonyl (C=O) groups is 1. The fourth-order valence-electron chi connectivity index (χ4n) is 2.38. The minimum Gasteiger partial charge on any atom is -0.459 e. The third-order valence-corrected chi connectivity index (χ3v) is 3.74. The van der Waals surface area contributed by atoms with E-state index in [-0.39, 0.29) is 18.4 Å². The molecule has 0 aromatic carbocycles. The summed E-state index contributed by atoms with van der Waals surface area (Å²) in [6.45, 7) is 2.27. The molecule has 3 rings (SSSR count). The summed E-state index contributed by atoms with van der Waals surface area (Å²) in [5, 5.41) is 2.98. The van der Waals surface area contributed by atoms with Crippen LogP contribution in [-0.2, 0) is 11.2 Å². The summed E-state index contributed by atoms with van der Waals surface area (Å²) in [6.07, 6.45) is 4.05. The summed E-state index contributed by atoms with van der Waals surface area (Å²) in [5.74, 6) is 2.06. The summed E-state index contributed by atoms with van der Waals surface area (Å²) < 4.78 is 10.8. The number of nitrogens with two attached hydrogens (primary N) is 1. The maximum Gasteiger partial charge on any atom is 0.263 e. The van der Waals surface area contributed by atoms with E-state index in [1.165, 1.54) is 0 Å². The van der Waals surface area contributed by atoms with Gasteiger partial charge in [-0.3, -0.25) is 4.79 Å². The second-order valence-corrected chi connectivity index (χ2v) is 5.42. The van der Waals surface area contributed by atoms with Gasteiger partial charge in [0.15, 0.2) is 5.76 Å². The van der Waals surface area contributed by atoms with Crippen molar-refractivity contribution in [2.24, 2.45) is 11.7 Å². The van der Waals surface area contributed by atoms with E-state index in [2.05, 4.69) is 10.3 Å². The predicted octanol–water partition coefficient (Wildman–Crippen LogP) is 1.64. The molecule has 1 fully saturated rings. The number of hydrogen-bond acceptors (Lipinski definition) is 5. The normalized spacial score (nSPS) is 15.9. The second kappa shape index (κ2) is 5.73. The Morgan fingerprint density at radius 1 is 1.57 bits per heavy atom. The Bertz CT molecular complexity index is 614. The third-order valence-electron chi connectivity index (χ3n) is 3.74. The Labute approximate surface area is 122 Å². The van der Waals surface area contributed by atoms with Crippen molar-refractivity contribution in [2.75, 3.05) is 6.54 Å². The van der Waals surface area contributed by atoms with E-state index < -0.39 is 0 Å².